The maximum Gasteiger partial charge on any atom is 0.0951 e. The molecule has 1 N–H and O–H groups in total. The lowest BCUT2D eigenvalue weighted by Gasteiger charge is -2.28. The van der Waals surface area contributed by atoms with Gasteiger partial charge >= 0.3 is 0 Å². The Hall–Kier alpha value is -0.870. The lowest BCUT2D eigenvalue weighted by molar-refractivity contribution is 0.194. The van der Waals surface area contributed by atoms with Gasteiger partial charge in [0.15, 0.2) is 0 Å². The van der Waals surface area contributed by atoms with E-state index in [4.69, 9.17) is 0 Å². The van der Waals surface area contributed by atoms with Crippen molar-refractivity contribution >= 4 is 0 Å². The molecule has 1 aliphatic heterocycles. The van der Waals surface area contributed by atoms with Crippen LogP contribution in [0.3, 0.4) is 0 Å². The zero-order chi connectivity index (χ0) is 12.4. The molecule has 100 valence electrons. The molecule has 1 saturated carbocycles. The van der Waals surface area contributed by atoms with Gasteiger partial charge in [-0.3, -0.25) is 4.90 Å². The highest BCUT2D eigenvalue weighted by atomic mass is 15.2. The second kappa shape index (κ2) is 5.41. The predicted molar refractivity (Wildman–Crippen MR) is 72.5 cm³/mol. The van der Waals surface area contributed by atoms with Gasteiger partial charge in [-0.1, -0.05) is 6.92 Å². The van der Waals surface area contributed by atoms with Gasteiger partial charge in [-0.25, -0.2) is 4.98 Å². The molecule has 1 saturated heterocycles. The summed E-state index contributed by atoms with van der Waals surface area (Å²) in [7, 11) is 0. The number of aromatic nitrogens is 2. The van der Waals surface area contributed by atoms with Gasteiger partial charge < -0.3 is 9.88 Å². The summed E-state index contributed by atoms with van der Waals surface area (Å²) in [5.41, 5.74) is 1.40. The Bertz CT molecular complexity index is 377. The Morgan fingerprint density at radius 2 is 2.33 bits per heavy atom. The Morgan fingerprint density at radius 1 is 1.44 bits per heavy atom. The van der Waals surface area contributed by atoms with Crippen LogP contribution >= 0.6 is 0 Å². The predicted octanol–water partition coefficient (Wildman–Crippen LogP) is 1.79. The summed E-state index contributed by atoms with van der Waals surface area (Å²) in [6, 6.07) is 1.46. The van der Waals surface area contributed by atoms with E-state index in [0.29, 0.717) is 6.04 Å². The molecule has 0 aromatic carbocycles. The third-order valence-corrected chi connectivity index (χ3v) is 4.11. The minimum Gasteiger partial charge on any atom is -0.330 e. The first-order chi connectivity index (χ1) is 8.88. The molecule has 4 nitrogen and oxygen atoms in total. The molecule has 0 bridgehead atoms. The van der Waals surface area contributed by atoms with Crippen LogP contribution in [0.25, 0.3) is 0 Å². The van der Waals surface area contributed by atoms with Gasteiger partial charge in [0, 0.05) is 31.4 Å². The molecule has 0 spiro atoms. The molecule has 1 aliphatic carbocycles. The highest BCUT2D eigenvalue weighted by Gasteiger charge is 2.27. The molecular weight excluding hydrogens is 224 g/mol. The van der Waals surface area contributed by atoms with Crippen molar-refractivity contribution in [2.24, 2.45) is 0 Å². The van der Waals surface area contributed by atoms with E-state index in [9.17, 15) is 0 Å². The fourth-order valence-corrected chi connectivity index (χ4v) is 2.97. The quantitative estimate of drug-likeness (QED) is 0.833. The van der Waals surface area contributed by atoms with Crippen LogP contribution in [-0.2, 0) is 6.54 Å². The van der Waals surface area contributed by atoms with Gasteiger partial charge in [0.05, 0.1) is 12.0 Å². The second-order valence-corrected chi connectivity index (χ2v) is 5.64. The lowest BCUT2D eigenvalue weighted by Crippen LogP contribution is -2.37. The highest BCUT2D eigenvalue weighted by molar-refractivity contribution is 5.04. The van der Waals surface area contributed by atoms with Crippen LogP contribution in [0.4, 0.5) is 0 Å². The maximum atomic E-state index is 4.34. The molecule has 1 atom stereocenters. The van der Waals surface area contributed by atoms with E-state index in [1.165, 1.54) is 44.5 Å². The third-order valence-electron chi connectivity index (χ3n) is 4.11. The third kappa shape index (κ3) is 2.59. The van der Waals surface area contributed by atoms with E-state index in [2.05, 4.69) is 32.9 Å². The minimum absolute atomic E-state index is 0.715. The zero-order valence-electron chi connectivity index (χ0n) is 11.3. The van der Waals surface area contributed by atoms with E-state index in [1.807, 2.05) is 6.33 Å². The van der Waals surface area contributed by atoms with Crippen LogP contribution in [0.5, 0.6) is 0 Å². The fraction of sp³-hybridized carbons (Fsp3) is 0.786. The summed E-state index contributed by atoms with van der Waals surface area (Å²) in [5, 5.41) is 3.48. The molecule has 1 unspecified atom stereocenters. The van der Waals surface area contributed by atoms with Crippen molar-refractivity contribution in [3.8, 4) is 0 Å². The Kier molecular flexibility index (Phi) is 3.66. The van der Waals surface area contributed by atoms with Crippen molar-refractivity contribution < 1.29 is 0 Å². The van der Waals surface area contributed by atoms with E-state index in [-0.39, 0.29) is 0 Å². The molecule has 2 heterocycles. The van der Waals surface area contributed by atoms with Crippen LogP contribution in [0.2, 0.25) is 0 Å². The van der Waals surface area contributed by atoms with E-state index < -0.39 is 0 Å². The summed E-state index contributed by atoms with van der Waals surface area (Å²) in [4.78, 5) is 6.98. The lowest BCUT2D eigenvalue weighted by atomic mass is 10.2. The summed E-state index contributed by atoms with van der Waals surface area (Å²) in [6.45, 7) is 6.86. The first-order valence-corrected chi connectivity index (χ1v) is 7.34. The van der Waals surface area contributed by atoms with Gasteiger partial charge in [0.1, 0.15) is 0 Å². The number of hydrogen-bond donors (Lipinski definition) is 1. The van der Waals surface area contributed by atoms with Gasteiger partial charge in [-0.05, 0) is 38.8 Å². The van der Waals surface area contributed by atoms with Crippen molar-refractivity contribution in [3.05, 3.63) is 18.2 Å². The van der Waals surface area contributed by atoms with Gasteiger partial charge in [-0.2, -0.15) is 0 Å². The van der Waals surface area contributed by atoms with Crippen LogP contribution in [-0.4, -0.2) is 40.1 Å². The fourth-order valence-electron chi connectivity index (χ4n) is 2.97. The van der Waals surface area contributed by atoms with Gasteiger partial charge in [0.2, 0.25) is 0 Å². The van der Waals surface area contributed by atoms with Crippen LogP contribution in [0, 0.1) is 0 Å². The van der Waals surface area contributed by atoms with E-state index in [1.54, 1.807) is 0 Å². The van der Waals surface area contributed by atoms with Crippen molar-refractivity contribution in [2.45, 2.75) is 51.2 Å². The van der Waals surface area contributed by atoms with Crippen molar-refractivity contribution in [2.75, 3.05) is 19.6 Å². The molecular formula is C14H24N4. The number of rotatable bonds is 6. The standard InChI is InChI=1S/C14H24N4/c1-2-7-17(13-5-6-15-8-13)10-14-9-16-11-18(14)12-3-4-12/h9,11-13,15H,2-8,10H2,1H3. The summed E-state index contributed by atoms with van der Waals surface area (Å²) in [5.74, 6) is 0. The van der Waals surface area contributed by atoms with Gasteiger partial charge in [0.25, 0.3) is 0 Å². The van der Waals surface area contributed by atoms with Crippen molar-refractivity contribution in [1.29, 1.82) is 0 Å². The SMILES string of the molecule is CCCN(Cc1cncn1C1CC1)C1CCNC1. The second-order valence-electron chi connectivity index (χ2n) is 5.64. The average Bonchev–Trinajstić information content (AvgIpc) is 2.92. The first kappa shape index (κ1) is 12.2. The number of nitrogens with zero attached hydrogens (tertiary/aromatic N) is 3. The number of nitrogens with one attached hydrogen (secondary N) is 1. The summed E-state index contributed by atoms with van der Waals surface area (Å²) in [6.07, 6.45) is 9.27. The van der Waals surface area contributed by atoms with E-state index in [0.717, 1.165) is 19.1 Å². The largest absolute Gasteiger partial charge is 0.330 e. The number of imidazole rings is 1. The molecule has 0 amide bonds. The van der Waals surface area contributed by atoms with Crippen LogP contribution in [0.1, 0.15) is 44.3 Å². The molecule has 2 aliphatic rings. The number of hydrogen-bond acceptors (Lipinski definition) is 3. The molecule has 2 fully saturated rings. The van der Waals surface area contributed by atoms with Crippen molar-refractivity contribution in [1.82, 2.24) is 19.8 Å². The van der Waals surface area contributed by atoms with Crippen LogP contribution < -0.4 is 5.32 Å². The summed E-state index contributed by atoms with van der Waals surface area (Å²) >= 11 is 0. The average molecular weight is 248 g/mol. The Morgan fingerprint density at radius 3 is 3.00 bits per heavy atom. The molecule has 1 aromatic rings. The molecule has 4 heteroatoms. The Balaban J connectivity index is 1.68. The smallest absolute Gasteiger partial charge is 0.0951 e. The molecule has 1 aromatic heterocycles. The highest BCUT2D eigenvalue weighted by Crippen LogP contribution is 2.36. The first-order valence-electron chi connectivity index (χ1n) is 7.34. The molecule has 18 heavy (non-hydrogen) atoms. The maximum absolute atomic E-state index is 4.34. The van der Waals surface area contributed by atoms with Crippen LogP contribution in [0.15, 0.2) is 12.5 Å². The normalized spacial score (nSPS) is 24.0. The van der Waals surface area contributed by atoms with Gasteiger partial charge in [-0.15, -0.1) is 0 Å². The van der Waals surface area contributed by atoms with E-state index >= 15 is 0 Å². The molecule has 3 rings (SSSR count). The van der Waals surface area contributed by atoms with Crippen molar-refractivity contribution in [3.63, 3.8) is 0 Å². The Labute approximate surface area is 109 Å². The summed E-state index contributed by atoms with van der Waals surface area (Å²) < 4.78 is 2.39. The zero-order valence-corrected chi connectivity index (χ0v) is 11.3. The topological polar surface area (TPSA) is 33.1 Å². The molecule has 0 radical (unpaired) electrons. The minimum atomic E-state index is 0.715. The monoisotopic (exact) mass is 248 g/mol.